The summed E-state index contributed by atoms with van der Waals surface area (Å²) in [5.74, 6) is -0.583. The molecule has 0 aromatic heterocycles. The second-order valence-electron chi connectivity index (χ2n) is 3.42. The van der Waals surface area contributed by atoms with Crippen LogP contribution in [-0.4, -0.2) is 17.0 Å². The lowest BCUT2D eigenvalue weighted by Crippen LogP contribution is -2.04. The lowest BCUT2D eigenvalue weighted by molar-refractivity contribution is -0.132. The largest absolute Gasteiger partial charge is 0.478 e. The Hall–Kier alpha value is -1.58. The predicted molar refractivity (Wildman–Crippen MR) is 62.4 cm³/mol. The molecule has 0 aliphatic rings. The quantitative estimate of drug-likeness (QED) is 0.691. The minimum atomic E-state index is -0.935. The fourth-order valence-electron chi connectivity index (χ4n) is 0. The van der Waals surface area contributed by atoms with E-state index in [1.54, 1.807) is 0 Å². The molecule has 0 radical (unpaired) electrons. The van der Waals surface area contributed by atoms with E-state index in [2.05, 4.69) is 39.7 Å². The Balaban J connectivity index is -0.000000147. The van der Waals surface area contributed by atoms with E-state index >= 15 is 0 Å². The van der Waals surface area contributed by atoms with E-state index < -0.39 is 11.9 Å². The summed E-state index contributed by atoms with van der Waals surface area (Å²) < 4.78 is 0. The van der Waals surface area contributed by atoms with Gasteiger partial charge < -0.3 is 10.8 Å². The summed E-state index contributed by atoms with van der Waals surface area (Å²) in [6.45, 7) is 14.2. The first-order valence-electron chi connectivity index (χ1n) is 4.45. The smallest absolute Gasteiger partial charge is 0.330 e. The van der Waals surface area contributed by atoms with Crippen molar-refractivity contribution in [3.8, 4) is 0 Å². The highest BCUT2D eigenvalue weighted by Gasteiger charge is 1.90. The molecule has 0 aromatic rings. The number of carboxylic acids is 1. The number of primary amides is 1. The molecule has 0 saturated carbocycles. The van der Waals surface area contributed by atoms with Gasteiger partial charge in [-0.2, -0.15) is 0 Å². The molecule has 0 aromatic carbocycles. The molecule has 4 heteroatoms. The van der Waals surface area contributed by atoms with Crippen molar-refractivity contribution < 1.29 is 14.7 Å². The summed E-state index contributed by atoms with van der Waals surface area (Å²) in [5.41, 5.74) is 4.71. The number of amides is 1. The van der Waals surface area contributed by atoms with Crippen LogP contribution in [0.4, 0.5) is 0 Å². The summed E-state index contributed by atoms with van der Waals surface area (Å²) in [5, 5.41) is 7.89. The van der Waals surface area contributed by atoms with Crippen molar-refractivity contribution in [3.63, 3.8) is 0 Å². The SMILES string of the molecule is C=C(C)C(=O)O.C=CC(N)=O.CC(C)C. The molecule has 0 spiro atoms. The lowest BCUT2D eigenvalue weighted by atomic mass is 10.3. The lowest BCUT2D eigenvalue weighted by Gasteiger charge is -1.79. The van der Waals surface area contributed by atoms with Gasteiger partial charge in [0.05, 0.1) is 0 Å². The van der Waals surface area contributed by atoms with Crippen molar-refractivity contribution in [2.45, 2.75) is 27.7 Å². The number of carboxylic acid groups (broad SMARTS) is 1. The maximum absolute atomic E-state index is 9.60. The zero-order valence-electron chi connectivity index (χ0n) is 9.91. The minimum absolute atomic E-state index is 0.176. The van der Waals surface area contributed by atoms with Crippen LogP contribution in [0.3, 0.4) is 0 Å². The van der Waals surface area contributed by atoms with E-state index in [9.17, 15) is 9.59 Å². The van der Waals surface area contributed by atoms with E-state index in [0.717, 1.165) is 12.0 Å². The molecular weight excluding hydrogens is 194 g/mol. The highest BCUT2D eigenvalue weighted by atomic mass is 16.4. The van der Waals surface area contributed by atoms with Crippen molar-refractivity contribution in [1.29, 1.82) is 0 Å². The average Bonchev–Trinajstić information content (AvgIpc) is 2.04. The molecule has 1 amide bonds. The number of rotatable bonds is 2. The Labute approximate surface area is 91.5 Å². The highest BCUT2D eigenvalue weighted by Crippen LogP contribution is 1.81. The summed E-state index contributed by atoms with van der Waals surface area (Å²) in [6.07, 6.45) is 1.06. The third kappa shape index (κ3) is 69.0. The van der Waals surface area contributed by atoms with Crippen molar-refractivity contribution >= 4 is 11.9 Å². The van der Waals surface area contributed by atoms with Crippen molar-refractivity contribution in [2.75, 3.05) is 0 Å². The monoisotopic (exact) mass is 215 g/mol. The number of carbonyl (C=O) groups excluding carboxylic acids is 1. The van der Waals surface area contributed by atoms with Crippen LogP contribution >= 0.6 is 0 Å². The predicted octanol–water partition coefficient (Wildman–Crippen LogP) is 1.97. The van der Waals surface area contributed by atoms with Gasteiger partial charge in [-0.15, -0.1) is 0 Å². The first-order chi connectivity index (χ1) is 6.64. The Bertz CT molecular complexity index is 205. The first-order valence-corrected chi connectivity index (χ1v) is 4.45. The van der Waals surface area contributed by atoms with E-state index in [4.69, 9.17) is 5.11 Å². The first kappa shape index (κ1) is 19.1. The topological polar surface area (TPSA) is 80.4 Å². The summed E-state index contributed by atoms with van der Waals surface area (Å²) >= 11 is 0. The molecule has 0 atom stereocenters. The zero-order chi connectivity index (χ0) is 13.0. The third-order valence-corrected chi connectivity index (χ3v) is 0.566. The Morgan fingerprint density at radius 3 is 1.47 bits per heavy atom. The van der Waals surface area contributed by atoms with Gasteiger partial charge in [0.15, 0.2) is 0 Å². The van der Waals surface area contributed by atoms with Crippen LogP contribution in [0.5, 0.6) is 0 Å². The normalized spacial score (nSPS) is 7.53. The van der Waals surface area contributed by atoms with Gasteiger partial charge in [-0.25, -0.2) is 4.79 Å². The fourth-order valence-corrected chi connectivity index (χ4v) is 0. The van der Waals surface area contributed by atoms with Crippen molar-refractivity contribution in [3.05, 3.63) is 24.8 Å². The second kappa shape index (κ2) is 12.4. The molecule has 0 fully saturated rings. The summed E-state index contributed by atoms with van der Waals surface area (Å²) in [4.78, 5) is 19.1. The van der Waals surface area contributed by atoms with Crippen molar-refractivity contribution in [1.82, 2.24) is 0 Å². The molecule has 0 saturated heterocycles. The van der Waals surface area contributed by atoms with Crippen LogP contribution in [0.2, 0.25) is 0 Å². The molecule has 0 bridgehead atoms. The molecule has 3 N–H and O–H groups in total. The molecule has 0 aliphatic heterocycles. The molecular formula is C11H21NO3. The molecule has 0 heterocycles. The van der Waals surface area contributed by atoms with Gasteiger partial charge in [0, 0.05) is 5.57 Å². The van der Waals surface area contributed by atoms with E-state index in [1.807, 2.05) is 0 Å². The Kier molecular flexibility index (Phi) is 15.8. The maximum atomic E-state index is 9.60. The summed E-state index contributed by atoms with van der Waals surface area (Å²) in [7, 11) is 0. The third-order valence-electron chi connectivity index (χ3n) is 0.566. The van der Waals surface area contributed by atoms with Crippen LogP contribution in [0, 0.1) is 5.92 Å². The number of carbonyl (C=O) groups is 2. The van der Waals surface area contributed by atoms with Crippen molar-refractivity contribution in [2.24, 2.45) is 11.7 Å². The Morgan fingerprint density at radius 2 is 1.47 bits per heavy atom. The minimum Gasteiger partial charge on any atom is -0.478 e. The number of nitrogens with two attached hydrogens (primary N) is 1. The van der Waals surface area contributed by atoms with Crippen LogP contribution < -0.4 is 5.73 Å². The van der Waals surface area contributed by atoms with Gasteiger partial charge in [-0.05, 0) is 18.9 Å². The van der Waals surface area contributed by atoms with Gasteiger partial charge in [-0.1, -0.05) is 33.9 Å². The van der Waals surface area contributed by atoms with Crippen LogP contribution in [0.1, 0.15) is 27.7 Å². The highest BCUT2D eigenvalue weighted by molar-refractivity contribution is 5.85. The molecule has 0 rings (SSSR count). The van der Waals surface area contributed by atoms with Gasteiger partial charge >= 0.3 is 5.97 Å². The molecule has 4 nitrogen and oxygen atoms in total. The zero-order valence-corrected chi connectivity index (χ0v) is 9.91. The average molecular weight is 215 g/mol. The number of hydrogen-bond donors (Lipinski definition) is 2. The fraction of sp³-hybridized carbons (Fsp3) is 0.455. The van der Waals surface area contributed by atoms with Crippen LogP contribution in [-0.2, 0) is 9.59 Å². The molecule has 88 valence electrons. The van der Waals surface area contributed by atoms with Gasteiger partial charge in [-0.3, -0.25) is 4.79 Å². The van der Waals surface area contributed by atoms with Gasteiger partial charge in [0.25, 0.3) is 0 Å². The molecule has 0 unspecified atom stereocenters. The summed E-state index contributed by atoms with van der Waals surface area (Å²) in [6, 6.07) is 0. The van der Waals surface area contributed by atoms with E-state index in [-0.39, 0.29) is 5.57 Å². The van der Waals surface area contributed by atoms with Gasteiger partial charge in [0.1, 0.15) is 0 Å². The number of aliphatic carboxylic acids is 1. The van der Waals surface area contributed by atoms with Crippen LogP contribution in [0.25, 0.3) is 0 Å². The van der Waals surface area contributed by atoms with Crippen LogP contribution in [0.15, 0.2) is 24.8 Å². The standard InChI is InChI=1S/C4H6O2.C4H10.C3H5NO/c1-3(2)4(5)6;1-4(2)3;1-2-3(4)5/h1H2,2H3,(H,5,6);4H,1-3H3;2H,1H2,(H2,4,5). The Morgan fingerprint density at radius 1 is 1.33 bits per heavy atom. The molecule has 0 aliphatic carbocycles. The second-order valence-corrected chi connectivity index (χ2v) is 3.42. The van der Waals surface area contributed by atoms with Gasteiger partial charge in [0.2, 0.25) is 5.91 Å². The maximum Gasteiger partial charge on any atom is 0.330 e. The van der Waals surface area contributed by atoms with E-state index in [0.29, 0.717) is 0 Å². The molecule has 15 heavy (non-hydrogen) atoms. The number of hydrogen-bond acceptors (Lipinski definition) is 2. The van der Waals surface area contributed by atoms with E-state index in [1.165, 1.54) is 6.92 Å².